The lowest BCUT2D eigenvalue weighted by Crippen LogP contribution is -2.51. The first kappa shape index (κ1) is 35.6. The maximum Gasteiger partial charge on any atom is 0.256 e. The summed E-state index contributed by atoms with van der Waals surface area (Å²) in [4.78, 5) is 60.6. The van der Waals surface area contributed by atoms with E-state index in [1.807, 2.05) is 23.2 Å². The number of hydrogen-bond donors (Lipinski definition) is 1. The van der Waals surface area contributed by atoms with Crippen molar-refractivity contribution in [1.29, 1.82) is 0 Å². The first-order valence-electron chi connectivity index (χ1n) is 18.3. The van der Waals surface area contributed by atoms with Crippen LogP contribution in [0.3, 0.4) is 0 Å². The third-order valence-corrected chi connectivity index (χ3v) is 11.2. The molecular formula is C40H48N6O6. The molecule has 4 aliphatic rings. The van der Waals surface area contributed by atoms with Crippen LogP contribution >= 0.6 is 0 Å². The molecule has 0 radical (unpaired) electrons. The van der Waals surface area contributed by atoms with E-state index in [-0.39, 0.29) is 29.2 Å². The number of pyridine rings is 1. The van der Waals surface area contributed by atoms with Crippen LogP contribution in [0.5, 0.6) is 11.5 Å². The van der Waals surface area contributed by atoms with Crippen molar-refractivity contribution in [3.63, 3.8) is 0 Å². The van der Waals surface area contributed by atoms with Crippen LogP contribution in [0.4, 0.5) is 0 Å². The molecule has 2 aromatic carbocycles. The van der Waals surface area contributed by atoms with Crippen LogP contribution in [-0.4, -0.2) is 103 Å². The highest BCUT2D eigenvalue weighted by Gasteiger charge is 2.29. The quantitative estimate of drug-likeness (QED) is 0.319. The topological polar surface area (TPSA) is 126 Å². The molecule has 52 heavy (non-hydrogen) atoms. The minimum atomic E-state index is -0.177. The third-order valence-electron chi connectivity index (χ3n) is 11.2. The van der Waals surface area contributed by atoms with E-state index in [1.165, 1.54) is 5.56 Å². The van der Waals surface area contributed by atoms with Crippen molar-refractivity contribution in [3.05, 3.63) is 80.8 Å². The van der Waals surface area contributed by atoms with Gasteiger partial charge in [-0.1, -0.05) is 24.3 Å². The smallest absolute Gasteiger partial charge is 0.256 e. The first-order chi connectivity index (χ1) is 25.2. The maximum atomic E-state index is 13.4. The standard InChI is InChI=1S/C40H48N6O6/c1-43-23-33(31-21-41-22-32(31)40(43)50)30-19-35(51-2)34(36(20-30)52-3)24-45-14-16-46(17-15-45)38(48)25-44-12-10-28(11-13-44)27-6-4-26(5-7-27)18-29-8-9-37(47)42-39(29)49/h4-7,19-21,23,28-29H,8-18,22,24-25H2,1-3H3,(H,42,47,49). The molecule has 7 rings (SSSR count). The number of imide groups is 1. The van der Waals surface area contributed by atoms with Gasteiger partial charge in [0.15, 0.2) is 0 Å². The predicted molar refractivity (Wildman–Crippen MR) is 198 cm³/mol. The molecule has 12 nitrogen and oxygen atoms in total. The molecule has 3 saturated heterocycles. The molecule has 0 aliphatic carbocycles. The fraction of sp³-hybridized carbons (Fsp3) is 0.475. The number of benzene rings is 2. The molecule has 0 saturated carbocycles. The van der Waals surface area contributed by atoms with Gasteiger partial charge in [0.05, 0.1) is 32.9 Å². The fourth-order valence-corrected chi connectivity index (χ4v) is 8.10. The van der Waals surface area contributed by atoms with Gasteiger partial charge >= 0.3 is 0 Å². The van der Waals surface area contributed by atoms with Crippen molar-refractivity contribution >= 4 is 23.9 Å². The largest absolute Gasteiger partial charge is 0.496 e. The monoisotopic (exact) mass is 708 g/mol. The predicted octanol–water partition coefficient (Wildman–Crippen LogP) is 3.12. The SMILES string of the molecule is COc1cc(-c2cn(C)c(=O)c3c2C=NC3)cc(OC)c1CN1CCN(C(=O)CN2CCC(c3ccc(CC4CCC(=O)NC4=O)cc3)CC2)CC1. The molecule has 0 spiro atoms. The summed E-state index contributed by atoms with van der Waals surface area (Å²) in [5.74, 6) is 1.60. The average molecular weight is 709 g/mol. The molecule has 274 valence electrons. The number of nitrogens with zero attached hydrogens (tertiary/aromatic N) is 5. The van der Waals surface area contributed by atoms with Gasteiger partial charge in [0.2, 0.25) is 17.7 Å². The Bertz CT molecular complexity index is 1900. The van der Waals surface area contributed by atoms with Crippen molar-refractivity contribution in [2.24, 2.45) is 18.0 Å². The summed E-state index contributed by atoms with van der Waals surface area (Å²) in [6, 6.07) is 12.6. The Morgan fingerprint density at radius 2 is 1.60 bits per heavy atom. The molecule has 5 heterocycles. The zero-order valence-electron chi connectivity index (χ0n) is 30.4. The Labute approximate surface area is 304 Å². The number of aromatic nitrogens is 1. The van der Waals surface area contributed by atoms with Gasteiger partial charge in [0.25, 0.3) is 5.56 Å². The number of amides is 3. The van der Waals surface area contributed by atoms with Crippen LogP contribution in [0, 0.1) is 5.92 Å². The van der Waals surface area contributed by atoms with Crippen LogP contribution < -0.4 is 20.3 Å². The highest BCUT2D eigenvalue weighted by atomic mass is 16.5. The molecule has 1 atom stereocenters. The number of aliphatic imine (C=N–C) groups is 1. The van der Waals surface area contributed by atoms with Crippen molar-refractivity contribution in [1.82, 2.24) is 24.6 Å². The van der Waals surface area contributed by atoms with Gasteiger partial charge < -0.3 is 18.9 Å². The van der Waals surface area contributed by atoms with Crippen molar-refractivity contribution in [3.8, 4) is 22.6 Å². The number of aryl methyl sites for hydroxylation is 1. The molecule has 0 bridgehead atoms. The van der Waals surface area contributed by atoms with Gasteiger partial charge in [-0.25, -0.2) is 0 Å². The Kier molecular flexibility index (Phi) is 10.6. The van der Waals surface area contributed by atoms with E-state index >= 15 is 0 Å². The number of piperidine rings is 2. The van der Waals surface area contributed by atoms with Crippen molar-refractivity contribution < 1.29 is 23.9 Å². The summed E-state index contributed by atoms with van der Waals surface area (Å²) in [6.45, 7) is 6.10. The molecular weight excluding hydrogens is 660 g/mol. The Balaban J connectivity index is 0.897. The van der Waals surface area contributed by atoms with Gasteiger partial charge in [0, 0.05) is 81.2 Å². The minimum absolute atomic E-state index is 0.0295. The summed E-state index contributed by atoms with van der Waals surface area (Å²) in [5.41, 5.74) is 6.71. The van der Waals surface area contributed by atoms with Gasteiger partial charge in [-0.05, 0) is 73.5 Å². The molecule has 1 aromatic heterocycles. The van der Waals surface area contributed by atoms with Crippen LogP contribution in [0.1, 0.15) is 59.4 Å². The van der Waals surface area contributed by atoms with Crippen LogP contribution in [0.25, 0.3) is 11.1 Å². The van der Waals surface area contributed by atoms with Gasteiger partial charge in [0.1, 0.15) is 11.5 Å². The maximum absolute atomic E-state index is 13.4. The van der Waals surface area contributed by atoms with E-state index < -0.39 is 0 Å². The van der Waals surface area contributed by atoms with E-state index in [4.69, 9.17) is 9.47 Å². The lowest BCUT2D eigenvalue weighted by molar-refractivity contribution is -0.136. The number of piperazine rings is 1. The van der Waals surface area contributed by atoms with E-state index in [1.54, 1.807) is 32.0 Å². The van der Waals surface area contributed by atoms with E-state index in [0.717, 1.165) is 78.3 Å². The summed E-state index contributed by atoms with van der Waals surface area (Å²) in [7, 11) is 5.09. The van der Waals surface area contributed by atoms with Gasteiger partial charge in [-0.2, -0.15) is 0 Å². The zero-order valence-corrected chi connectivity index (χ0v) is 30.4. The molecule has 3 amide bonds. The normalized spacial score (nSPS) is 19.8. The minimum Gasteiger partial charge on any atom is -0.496 e. The Hall–Kier alpha value is -4.81. The number of rotatable bonds is 10. The highest BCUT2D eigenvalue weighted by molar-refractivity contribution is 5.98. The van der Waals surface area contributed by atoms with E-state index in [0.29, 0.717) is 63.5 Å². The van der Waals surface area contributed by atoms with Crippen LogP contribution in [-0.2, 0) is 40.9 Å². The Morgan fingerprint density at radius 1 is 0.904 bits per heavy atom. The molecule has 3 aromatic rings. The molecule has 4 aliphatic heterocycles. The number of nitrogens with one attached hydrogen (secondary N) is 1. The molecule has 1 N–H and O–H groups in total. The Morgan fingerprint density at radius 3 is 2.25 bits per heavy atom. The summed E-state index contributed by atoms with van der Waals surface area (Å²) >= 11 is 0. The molecule has 1 unspecified atom stereocenters. The number of ether oxygens (including phenoxy) is 2. The first-order valence-corrected chi connectivity index (χ1v) is 18.3. The van der Waals surface area contributed by atoms with Crippen LogP contribution in [0.2, 0.25) is 0 Å². The summed E-state index contributed by atoms with van der Waals surface area (Å²) < 4.78 is 13.4. The van der Waals surface area contributed by atoms with Gasteiger partial charge in [-0.3, -0.25) is 39.3 Å². The van der Waals surface area contributed by atoms with Crippen molar-refractivity contribution in [2.45, 2.75) is 51.1 Å². The number of likely N-dealkylation sites (tertiary alicyclic amines) is 1. The highest BCUT2D eigenvalue weighted by Crippen LogP contribution is 2.38. The average Bonchev–Trinajstić information content (AvgIpc) is 3.66. The number of methoxy groups -OCH3 is 2. The summed E-state index contributed by atoms with van der Waals surface area (Å²) in [5, 5.41) is 2.45. The van der Waals surface area contributed by atoms with Crippen LogP contribution in [0.15, 0.2) is 52.4 Å². The van der Waals surface area contributed by atoms with Gasteiger partial charge in [-0.15, -0.1) is 0 Å². The summed E-state index contributed by atoms with van der Waals surface area (Å²) in [6.07, 6.45) is 7.31. The van der Waals surface area contributed by atoms with E-state index in [9.17, 15) is 19.2 Å². The second-order valence-electron chi connectivity index (χ2n) is 14.5. The molecule has 12 heteroatoms. The zero-order chi connectivity index (χ0) is 36.4. The number of fused-ring (bicyclic) bond motifs is 1. The second kappa shape index (κ2) is 15.4. The van der Waals surface area contributed by atoms with Crippen molar-refractivity contribution in [2.75, 3.05) is 60.0 Å². The number of carbonyl (C=O) groups is 3. The lowest BCUT2D eigenvalue weighted by atomic mass is 9.87. The number of hydrogen-bond acceptors (Lipinski definition) is 9. The van der Waals surface area contributed by atoms with E-state index in [2.05, 4.69) is 44.4 Å². The molecule has 3 fully saturated rings. The third kappa shape index (κ3) is 7.54. The second-order valence-corrected chi connectivity index (χ2v) is 14.5. The fourth-order valence-electron chi connectivity index (χ4n) is 8.10. The number of carbonyl (C=O) groups excluding carboxylic acids is 3. The lowest BCUT2D eigenvalue weighted by Gasteiger charge is -2.37.